The summed E-state index contributed by atoms with van der Waals surface area (Å²) in [5.74, 6) is -0.636. The van der Waals surface area contributed by atoms with Crippen LogP contribution in [0.2, 0.25) is 0 Å². The van der Waals surface area contributed by atoms with Gasteiger partial charge in [0, 0.05) is 37.0 Å². The number of carbonyl (C=O) groups excluding carboxylic acids is 1. The van der Waals surface area contributed by atoms with Crippen molar-refractivity contribution in [1.29, 1.82) is 0 Å². The Labute approximate surface area is 105 Å². The summed E-state index contributed by atoms with van der Waals surface area (Å²) in [4.78, 5) is 13.8. The molecule has 18 heavy (non-hydrogen) atoms. The molecule has 0 fully saturated rings. The maximum atomic E-state index is 11.3. The van der Waals surface area contributed by atoms with E-state index < -0.39 is 14.7 Å². The molecule has 0 N–H and O–H groups in total. The van der Waals surface area contributed by atoms with Gasteiger partial charge >= 0.3 is 8.80 Å². The lowest BCUT2D eigenvalue weighted by molar-refractivity contribution is 0.1000. The number of carbonyl (C=O) groups is 1. The Morgan fingerprint density at radius 3 is 2.06 bits per heavy atom. The molecule has 1 aromatic rings. The molecular formula is C10H13N3O4Si. The Kier molecular flexibility index (Phi) is 5.02. The predicted molar refractivity (Wildman–Crippen MR) is 66.3 cm³/mol. The van der Waals surface area contributed by atoms with Crippen molar-refractivity contribution in [2.75, 3.05) is 21.3 Å². The van der Waals surface area contributed by atoms with E-state index in [9.17, 15) is 4.79 Å². The molecule has 1 aromatic carbocycles. The summed E-state index contributed by atoms with van der Waals surface area (Å²) in [6.45, 7) is 0. The van der Waals surface area contributed by atoms with Crippen molar-refractivity contribution < 1.29 is 18.1 Å². The van der Waals surface area contributed by atoms with E-state index in [4.69, 9.17) is 18.8 Å². The third-order valence-corrected chi connectivity index (χ3v) is 5.08. The van der Waals surface area contributed by atoms with Crippen LogP contribution >= 0.6 is 0 Å². The molecule has 1 rings (SSSR count). The second kappa shape index (κ2) is 6.29. The van der Waals surface area contributed by atoms with Crippen LogP contribution in [-0.4, -0.2) is 36.0 Å². The van der Waals surface area contributed by atoms with Crippen LogP contribution in [0.15, 0.2) is 29.4 Å². The second-order valence-electron chi connectivity index (χ2n) is 3.24. The fraction of sp³-hybridized carbons (Fsp3) is 0.300. The fourth-order valence-electron chi connectivity index (χ4n) is 1.52. The molecule has 0 aliphatic heterocycles. The smallest absolute Gasteiger partial charge is 0.373 e. The van der Waals surface area contributed by atoms with Gasteiger partial charge in [0.1, 0.15) is 0 Å². The first-order valence-corrected chi connectivity index (χ1v) is 6.71. The van der Waals surface area contributed by atoms with Crippen molar-refractivity contribution in [3.8, 4) is 0 Å². The van der Waals surface area contributed by atoms with E-state index in [1.54, 1.807) is 12.1 Å². The Bertz CT molecular complexity index is 458. The molecule has 0 unspecified atom stereocenters. The zero-order valence-electron chi connectivity index (χ0n) is 10.3. The molecule has 0 aromatic heterocycles. The molecule has 0 heterocycles. The first-order valence-electron chi connectivity index (χ1n) is 4.99. The number of benzene rings is 1. The van der Waals surface area contributed by atoms with Crippen LogP contribution in [0, 0.1) is 0 Å². The van der Waals surface area contributed by atoms with Gasteiger partial charge in [0.05, 0.1) is 0 Å². The zero-order valence-corrected chi connectivity index (χ0v) is 11.3. The Balaban J connectivity index is 3.08. The van der Waals surface area contributed by atoms with E-state index in [-0.39, 0.29) is 0 Å². The van der Waals surface area contributed by atoms with Crippen molar-refractivity contribution in [2.24, 2.45) is 5.11 Å². The van der Waals surface area contributed by atoms with Gasteiger partial charge in [0.15, 0.2) is 0 Å². The van der Waals surface area contributed by atoms with Crippen molar-refractivity contribution in [3.05, 3.63) is 40.3 Å². The zero-order chi connectivity index (χ0) is 13.6. The molecule has 0 spiro atoms. The molecule has 8 heteroatoms. The fourth-order valence-corrected chi connectivity index (χ4v) is 3.30. The maximum absolute atomic E-state index is 11.3. The third kappa shape index (κ3) is 2.75. The van der Waals surface area contributed by atoms with E-state index in [1.165, 1.54) is 33.5 Å². The number of amides is 1. The van der Waals surface area contributed by atoms with E-state index >= 15 is 0 Å². The van der Waals surface area contributed by atoms with Crippen molar-refractivity contribution >= 4 is 19.9 Å². The monoisotopic (exact) mass is 267 g/mol. The average Bonchev–Trinajstić information content (AvgIpc) is 2.42. The molecule has 0 bridgehead atoms. The summed E-state index contributed by atoms with van der Waals surface area (Å²) in [5.41, 5.74) is 8.47. The van der Waals surface area contributed by atoms with Gasteiger partial charge in [-0.1, -0.05) is 24.3 Å². The van der Waals surface area contributed by atoms with Crippen LogP contribution in [-0.2, 0) is 13.3 Å². The minimum atomic E-state index is -2.88. The van der Waals surface area contributed by atoms with Gasteiger partial charge < -0.3 is 13.3 Å². The van der Waals surface area contributed by atoms with Crippen molar-refractivity contribution in [1.82, 2.24) is 0 Å². The number of hydrogen-bond acceptors (Lipinski definition) is 4. The summed E-state index contributed by atoms with van der Waals surface area (Å²) >= 11 is 0. The number of rotatable bonds is 5. The lowest BCUT2D eigenvalue weighted by atomic mass is 10.2. The van der Waals surface area contributed by atoms with E-state index in [0.717, 1.165) is 0 Å². The van der Waals surface area contributed by atoms with Gasteiger partial charge in [-0.2, -0.15) is 0 Å². The summed E-state index contributed by atoms with van der Waals surface area (Å²) in [6, 6.07) is 6.38. The van der Waals surface area contributed by atoms with Gasteiger partial charge in [-0.05, 0) is 10.6 Å². The molecule has 0 aliphatic carbocycles. The maximum Gasteiger partial charge on any atom is 0.536 e. The van der Waals surface area contributed by atoms with Crippen LogP contribution in [0.4, 0.5) is 0 Å². The first kappa shape index (κ1) is 14.4. The van der Waals surface area contributed by atoms with Gasteiger partial charge in [-0.15, -0.1) is 0 Å². The minimum absolute atomic E-state index is 0.294. The highest BCUT2D eigenvalue weighted by Gasteiger charge is 2.40. The molecule has 7 nitrogen and oxygen atoms in total. The average molecular weight is 267 g/mol. The number of azide groups is 1. The quantitative estimate of drug-likeness (QED) is 0.347. The van der Waals surface area contributed by atoms with Crippen LogP contribution in [0.25, 0.3) is 10.4 Å². The third-order valence-electron chi connectivity index (χ3n) is 2.43. The number of nitrogens with zero attached hydrogens (tertiary/aromatic N) is 3. The summed E-state index contributed by atoms with van der Waals surface area (Å²) in [5, 5.41) is 3.72. The van der Waals surface area contributed by atoms with E-state index in [1.807, 2.05) is 0 Å². The van der Waals surface area contributed by atoms with Crippen LogP contribution in [0.5, 0.6) is 0 Å². The van der Waals surface area contributed by atoms with E-state index in [2.05, 4.69) is 10.0 Å². The standard InChI is InChI=1S/C10H13N3O4Si/c1-15-18(16-2,17-3)9-6-4-8(5-7-9)10(14)12-13-11/h4-7H,1-3H3. The van der Waals surface area contributed by atoms with Crippen LogP contribution < -0.4 is 5.19 Å². The lowest BCUT2D eigenvalue weighted by Crippen LogP contribution is -2.54. The molecule has 0 aliphatic rings. The minimum Gasteiger partial charge on any atom is -0.373 e. The summed E-state index contributed by atoms with van der Waals surface area (Å²) in [7, 11) is 1.61. The van der Waals surface area contributed by atoms with Gasteiger partial charge in [0.2, 0.25) is 5.91 Å². The molecule has 0 saturated carbocycles. The number of hydrogen-bond donors (Lipinski definition) is 0. The highest BCUT2D eigenvalue weighted by Crippen LogP contribution is 2.09. The Hall–Kier alpha value is -1.70. The normalized spacial score (nSPS) is 10.8. The summed E-state index contributed by atoms with van der Waals surface area (Å²) < 4.78 is 15.9. The molecule has 0 saturated heterocycles. The summed E-state index contributed by atoms with van der Waals surface area (Å²) in [6.07, 6.45) is 0. The molecule has 1 amide bonds. The SMILES string of the molecule is CO[Si](OC)(OC)c1ccc(C(=O)N=[N+]=[N-])cc1. The highest BCUT2D eigenvalue weighted by molar-refractivity contribution is 6.75. The van der Waals surface area contributed by atoms with Gasteiger partial charge in [-0.3, -0.25) is 4.79 Å². The molecule has 96 valence electrons. The van der Waals surface area contributed by atoms with Crippen molar-refractivity contribution in [3.63, 3.8) is 0 Å². The van der Waals surface area contributed by atoms with Gasteiger partial charge in [0.25, 0.3) is 0 Å². The molecule has 0 radical (unpaired) electrons. The largest absolute Gasteiger partial charge is 0.536 e. The Morgan fingerprint density at radius 1 is 1.17 bits per heavy atom. The lowest BCUT2D eigenvalue weighted by Gasteiger charge is -2.24. The topological polar surface area (TPSA) is 93.5 Å². The van der Waals surface area contributed by atoms with Crippen LogP contribution in [0.1, 0.15) is 10.4 Å². The Morgan fingerprint density at radius 2 is 1.67 bits per heavy atom. The predicted octanol–water partition coefficient (Wildman–Crippen LogP) is 1.22. The van der Waals surface area contributed by atoms with Gasteiger partial charge in [-0.25, -0.2) is 0 Å². The van der Waals surface area contributed by atoms with Crippen LogP contribution in [0.3, 0.4) is 0 Å². The highest BCUT2D eigenvalue weighted by atomic mass is 28.4. The molecular weight excluding hydrogens is 254 g/mol. The second-order valence-corrected chi connectivity index (χ2v) is 6.15. The van der Waals surface area contributed by atoms with E-state index in [0.29, 0.717) is 10.8 Å². The first-order chi connectivity index (χ1) is 8.63. The molecule has 0 atom stereocenters. The van der Waals surface area contributed by atoms with Crippen molar-refractivity contribution in [2.45, 2.75) is 0 Å².